The van der Waals surface area contributed by atoms with Crippen LogP contribution in [-0.2, 0) is 16.8 Å². The van der Waals surface area contributed by atoms with E-state index in [1.54, 1.807) is 43.3 Å². The van der Waals surface area contributed by atoms with Crippen LogP contribution in [-0.4, -0.2) is 16.2 Å². The number of nitriles is 1. The average Bonchev–Trinajstić information content (AvgIpc) is 2.60. The van der Waals surface area contributed by atoms with E-state index in [1.807, 2.05) is 13.0 Å². The molecule has 5 nitrogen and oxygen atoms in total. The average molecular weight is 324 g/mol. The number of phenolic OH excluding ortho intramolecular Hbond substituents is 1. The third-order valence-electron chi connectivity index (χ3n) is 4.22. The number of nitrogens with zero attached hydrogens (tertiary/aromatic N) is 1. The Morgan fingerprint density at radius 2 is 1.88 bits per heavy atom. The Balaban J connectivity index is 2.49. The Hall–Kier alpha value is -3.00. The van der Waals surface area contributed by atoms with Crippen molar-refractivity contribution in [2.24, 2.45) is 0 Å². The van der Waals surface area contributed by atoms with Gasteiger partial charge in [-0.2, -0.15) is 5.26 Å². The molecule has 5 heteroatoms. The summed E-state index contributed by atoms with van der Waals surface area (Å²) in [5.41, 5.74) is 1.09. The molecule has 2 aromatic rings. The Kier molecular flexibility index (Phi) is 5.10. The second kappa shape index (κ2) is 7.05. The van der Waals surface area contributed by atoms with Crippen molar-refractivity contribution in [2.75, 3.05) is 5.32 Å². The highest BCUT2D eigenvalue weighted by atomic mass is 16.4. The number of aryl methyl sites for hydroxylation is 1. The molecule has 0 aliphatic heterocycles. The molecule has 0 aromatic heterocycles. The lowest BCUT2D eigenvalue weighted by Crippen LogP contribution is -2.43. The lowest BCUT2D eigenvalue weighted by atomic mass is 9.85. The van der Waals surface area contributed by atoms with Crippen LogP contribution >= 0.6 is 0 Å². The van der Waals surface area contributed by atoms with E-state index in [0.717, 1.165) is 0 Å². The molecule has 0 fully saturated rings. The summed E-state index contributed by atoms with van der Waals surface area (Å²) in [7, 11) is 0. The van der Waals surface area contributed by atoms with E-state index < -0.39 is 11.5 Å². The van der Waals surface area contributed by atoms with E-state index in [4.69, 9.17) is 5.26 Å². The van der Waals surface area contributed by atoms with Gasteiger partial charge in [-0.3, -0.25) is 0 Å². The van der Waals surface area contributed by atoms with Crippen LogP contribution in [0.25, 0.3) is 0 Å². The molecule has 0 saturated carbocycles. The third-order valence-corrected chi connectivity index (χ3v) is 4.22. The van der Waals surface area contributed by atoms with Crippen LogP contribution < -0.4 is 5.32 Å². The van der Waals surface area contributed by atoms with Crippen molar-refractivity contribution in [3.8, 4) is 11.8 Å². The van der Waals surface area contributed by atoms with Crippen molar-refractivity contribution in [1.82, 2.24) is 0 Å². The van der Waals surface area contributed by atoms with Crippen molar-refractivity contribution in [3.63, 3.8) is 0 Å². The molecule has 0 spiro atoms. The third kappa shape index (κ3) is 3.18. The fourth-order valence-electron chi connectivity index (χ4n) is 2.70. The first kappa shape index (κ1) is 17.4. The van der Waals surface area contributed by atoms with Crippen molar-refractivity contribution in [1.29, 1.82) is 5.26 Å². The number of carboxylic acids is 1. The topological polar surface area (TPSA) is 93.4 Å². The van der Waals surface area contributed by atoms with Gasteiger partial charge in [0.1, 0.15) is 5.75 Å². The van der Waals surface area contributed by atoms with Gasteiger partial charge in [0.15, 0.2) is 5.54 Å². The number of aliphatic carboxylic acids is 1. The van der Waals surface area contributed by atoms with E-state index in [2.05, 4.69) is 5.32 Å². The first-order valence-corrected chi connectivity index (χ1v) is 7.81. The molecule has 1 atom stereocenters. The summed E-state index contributed by atoms with van der Waals surface area (Å²) in [5.74, 6) is -0.836. The molecule has 0 radical (unpaired) electrons. The highest BCUT2D eigenvalue weighted by Gasteiger charge is 2.39. The van der Waals surface area contributed by atoms with E-state index in [0.29, 0.717) is 35.2 Å². The fraction of sp³-hybridized carbons (Fsp3) is 0.263. The van der Waals surface area contributed by atoms with Gasteiger partial charge in [-0.05, 0) is 60.4 Å². The lowest BCUT2D eigenvalue weighted by Gasteiger charge is -2.31. The summed E-state index contributed by atoms with van der Waals surface area (Å²) >= 11 is 0. The van der Waals surface area contributed by atoms with Crippen molar-refractivity contribution in [3.05, 3.63) is 59.2 Å². The van der Waals surface area contributed by atoms with Gasteiger partial charge in [0.25, 0.3) is 0 Å². The van der Waals surface area contributed by atoms with Crippen LogP contribution in [0.15, 0.2) is 42.5 Å². The van der Waals surface area contributed by atoms with E-state index in [1.165, 1.54) is 6.07 Å². The maximum atomic E-state index is 12.1. The molecule has 124 valence electrons. The predicted molar refractivity (Wildman–Crippen MR) is 91.9 cm³/mol. The van der Waals surface area contributed by atoms with E-state index >= 15 is 0 Å². The number of anilines is 1. The van der Waals surface area contributed by atoms with Crippen molar-refractivity contribution in [2.45, 2.75) is 32.2 Å². The van der Waals surface area contributed by atoms with Gasteiger partial charge in [0.05, 0.1) is 11.6 Å². The number of hydrogen-bond donors (Lipinski definition) is 3. The molecule has 0 saturated heterocycles. The van der Waals surface area contributed by atoms with Gasteiger partial charge < -0.3 is 15.5 Å². The minimum atomic E-state index is -1.31. The van der Waals surface area contributed by atoms with Crippen molar-refractivity contribution < 1.29 is 15.0 Å². The quantitative estimate of drug-likeness (QED) is 0.754. The highest BCUT2D eigenvalue weighted by molar-refractivity contribution is 5.85. The zero-order chi connectivity index (χ0) is 17.7. The van der Waals surface area contributed by atoms with Gasteiger partial charge in [-0.25, -0.2) is 4.79 Å². The molecule has 0 heterocycles. The van der Waals surface area contributed by atoms with Gasteiger partial charge in [-0.15, -0.1) is 0 Å². The number of hydrogen-bond acceptors (Lipinski definition) is 4. The zero-order valence-electron chi connectivity index (χ0n) is 13.7. The normalized spacial score (nSPS) is 12.9. The standard InChI is InChI=1S/C19H20N2O3/c1-3-14-11-15(7-10-17(14)22)19(4-2,18(23)24)21-16-8-5-13(12-20)6-9-16/h5-11,21-22H,3-4H2,1-2H3,(H,23,24). The first-order valence-electron chi connectivity index (χ1n) is 7.81. The van der Waals surface area contributed by atoms with Crippen LogP contribution in [0.5, 0.6) is 5.75 Å². The lowest BCUT2D eigenvalue weighted by molar-refractivity contribution is -0.142. The van der Waals surface area contributed by atoms with Crippen LogP contribution in [0.1, 0.15) is 37.0 Å². The second-order valence-electron chi connectivity index (χ2n) is 5.58. The Labute approximate surface area is 141 Å². The molecule has 0 aliphatic rings. The molecular weight excluding hydrogens is 304 g/mol. The monoisotopic (exact) mass is 324 g/mol. The summed E-state index contributed by atoms with van der Waals surface area (Å²) in [6.45, 7) is 3.70. The molecule has 2 rings (SSSR count). The molecule has 0 aliphatic carbocycles. The number of nitrogens with one attached hydrogen (secondary N) is 1. The van der Waals surface area contributed by atoms with E-state index in [-0.39, 0.29) is 5.75 Å². The number of aromatic hydroxyl groups is 1. The van der Waals surface area contributed by atoms with Gasteiger partial charge in [0, 0.05) is 5.69 Å². The van der Waals surface area contributed by atoms with Crippen molar-refractivity contribution >= 4 is 11.7 Å². The molecule has 1 unspecified atom stereocenters. The van der Waals surface area contributed by atoms with Gasteiger partial charge in [0.2, 0.25) is 0 Å². The molecule has 0 bridgehead atoms. The minimum Gasteiger partial charge on any atom is -0.508 e. The summed E-state index contributed by atoms with van der Waals surface area (Å²) < 4.78 is 0. The Morgan fingerprint density at radius 3 is 2.38 bits per heavy atom. The summed E-state index contributed by atoms with van der Waals surface area (Å²) in [6, 6.07) is 13.6. The van der Waals surface area contributed by atoms with Crippen LogP contribution in [0, 0.1) is 11.3 Å². The largest absolute Gasteiger partial charge is 0.508 e. The van der Waals surface area contributed by atoms with E-state index in [9.17, 15) is 15.0 Å². The zero-order valence-corrected chi connectivity index (χ0v) is 13.7. The number of benzene rings is 2. The number of carbonyl (C=O) groups is 1. The smallest absolute Gasteiger partial charge is 0.334 e. The summed E-state index contributed by atoms with van der Waals surface area (Å²) in [4.78, 5) is 12.1. The predicted octanol–water partition coefficient (Wildman–Crippen LogP) is 3.63. The Morgan fingerprint density at radius 1 is 1.21 bits per heavy atom. The van der Waals surface area contributed by atoms with Gasteiger partial charge >= 0.3 is 5.97 Å². The summed E-state index contributed by atoms with van der Waals surface area (Å²) in [6.07, 6.45) is 0.923. The minimum absolute atomic E-state index is 0.162. The maximum Gasteiger partial charge on any atom is 0.334 e. The second-order valence-corrected chi connectivity index (χ2v) is 5.58. The first-order chi connectivity index (χ1) is 11.5. The number of rotatable bonds is 6. The Bertz CT molecular complexity index is 778. The molecule has 3 N–H and O–H groups in total. The summed E-state index contributed by atoms with van der Waals surface area (Å²) in [5, 5.41) is 31.7. The van der Waals surface area contributed by atoms with Crippen LogP contribution in [0.4, 0.5) is 5.69 Å². The fourth-order valence-corrected chi connectivity index (χ4v) is 2.70. The molecule has 2 aromatic carbocycles. The SMILES string of the molecule is CCc1cc(C(CC)(Nc2ccc(C#N)cc2)C(=O)O)ccc1O. The molecular formula is C19H20N2O3. The van der Waals surface area contributed by atoms with Gasteiger partial charge in [-0.1, -0.05) is 19.9 Å². The molecule has 24 heavy (non-hydrogen) atoms. The van der Waals surface area contributed by atoms with Crippen LogP contribution in [0.3, 0.4) is 0 Å². The highest BCUT2D eigenvalue weighted by Crippen LogP contribution is 2.33. The van der Waals surface area contributed by atoms with Crippen LogP contribution in [0.2, 0.25) is 0 Å². The molecule has 0 amide bonds. The number of phenols is 1. The maximum absolute atomic E-state index is 12.1. The number of carboxylic acid groups (broad SMARTS) is 1.